The first-order chi connectivity index (χ1) is 10.6. The summed E-state index contributed by atoms with van der Waals surface area (Å²) in [6.07, 6.45) is 6.00. The van der Waals surface area contributed by atoms with Crippen molar-refractivity contribution in [3.05, 3.63) is 23.9 Å². The van der Waals surface area contributed by atoms with Gasteiger partial charge in [0.15, 0.2) is 5.11 Å². The Bertz CT molecular complexity index is 573. The van der Waals surface area contributed by atoms with Crippen molar-refractivity contribution >= 4 is 29.1 Å². The van der Waals surface area contributed by atoms with Crippen molar-refractivity contribution in [3.8, 4) is 0 Å². The highest BCUT2D eigenvalue weighted by molar-refractivity contribution is 7.80. The van der Waals surface area contributed by atoms with E-state index in [0.717, 1.165) is 30.1 Å². The molecule has 1 aromatic heterocycles. The molecule has 2 heterocycles. The van der Waals surface area contributed by atoms with E-state index in [2.05, 4.69) is 20.5 Å². The maximum atomic E-state index is 12.5. The number of rotatable bonds is 3. The molecule has 6 heteroatoms. The lowest BCUT2D eigenvalue weighted by Crippen LogP contribution is -2.48. The molecule has 1 unspecified atom stereocenters. The average Bonchev–Trinajstić information content (AvgIpc) is 3.33. The Morgan fingerprint density at radius 1 is 1.41 bits per heavy atom. The van der Waals surface area contributed by atoms with Crippen LogP contribution in [0.15, 0.2) is 18.3 Å². The van der Waals surface area contributed by atoms with Gasteiger partial charge in [0.05, 0.1) is 5.92 Å². The Hall–Kier alpha value is -1.69. The summed E-state index contributed by atoms with van der Waals surface area (Å²) < 4.78 is 0. The minimum absolute atomic E-state index is 0.0332. The lowest BCUT2D eigenvalue weighted by Gasteiger charge is -2.34. The lowest BCUT2D eigenvalue weighted by atomic mass is 9.97. The van der Waals surface area contributed by atoms with Crippen molar-refractivity contribution in [3.63, 3.8) is 0 Å². The molecule has 1 atom stereocenters. The van der Waals surface area contributed by atoms with Crippen LogP contribution in [0.4, 0.5) is 5.82 Å². The highest BCUT2D eigenvalue weighted by Crippen LogP contribution is 2.22. The number of nitrogens with zero attached hydrogens (tertiary/aromatic N) is 2. The van der Waals surface area contributed by atoms with Gasteiger partial charge in [-0.05, 0) is 56.5 Å². The first kappa shape index (κ1) is 15.2. The van der Waals surface area contributed by atoms with E-state index < -0.39 is 0 Å². The van der Waals surface area contributed by atoms with Crippen LogP contribution in [0.3, 0.4) is 0 Å². The van der Waals surface area contributed by atoms with Gasteiger partial charge in [0.2, 0.25) is 5.91 Å². The van der Waals surface area contributed by atoms with E-state index in [1.54, 1.807) is 6.20 Å². The fourth-order valence-corrected chi connectivity index (χ4v) is 3.04. The molecule has 0 aromatic carbocycles. The third-order valence-electron chi connectivity index (χ3n) is 4.24. The molecular weight excluding hydrogens is 296 g/mol. The number of likely N-dealkylation sites (tertiary alicyclic amines) is 1. The third-order valence-corrected chi connectivity index (χ3v) is 4.61. The Labute approximate surface area is 136 Å². The SMILES string of the molecule is Cc1cccnc1NC(=O)C1CCCN(C(=S)NC2CC2)C1. The maximum Gasteiger partial charge on any atom is 0.230 e. The highest BCUT2D eigenvalue weighted by atomic mass is 32.1. The highest BCUT2D eigenvalue weighted by Gasteiger charge is 2.29. The van der Waals surface area contributed by atoms with Gasteiger partial charge >= 0.3 is 0 Å². The van der Waals surface area contributed by atoms with Crippen LogP contribution < -0.4 is 10.6 Å². The van der Waals surface area contributed by atoms with E-state index in [-0.39, 0.29) is 11.8 Å². The van der Waals surface area contributed by atoms with Gasteiger partial charge in [0.1, 0.15) is 5.82 Å². The number of aromatic nitrogens is 1. The van der Waals surface area contributed by atoms with E-state index in [4.69, 9.17) is 12.2 Å². The van der Waals surface area contributed by atoms with Gasteiger partial charge in [0, 0.05) is 25.3 Å². The summed E-state index contributed by atoms with van der Waals surface area (Å²) in [5.74, 6) is 0.665. The Morgan fingerprint density at radius 2 is 2.23 bits per heavy atom. The molecule has 0 spiro atoms. The van der Waals surface area contributed by atoms with Gasteiger partial charge in [-0.1, -0.05) is 6.07 Å². The third kappa shape index (κ3) is 3.74. The van der Waals surface area contributed by atoms with Gasteiger partial charge in [-0.15, -0.1) is 0 Å². The van der Waals surface area contributed by atoms with Gasteiger partial charge in [-0.25, -0.2) is 4.98 Å². The first-order valence-electron chi connectivity index (χ1n) is 7.91. The van der Waals surface area contributed by atoms with Crippen molar-refractivity contribution < 1.29 is 4.79 Å². The number of carbonyl (C=O) groups excluding carboxylic acids is 1. The normalized spacial score (nSPS) is 21.3. The van der Waals surface area contributed by atoms with Crippen LogP contribution in [0, 0.1) is 12.8 Å². The van der Waals surface area contributed by atoms with Crippen LogP contribution in [0.5, 0.6) is 0 Å². The maximum absolute atomic E-state index is 12.5. The van der Waals surface area contributed by atoms with Crippen LogP contribution in [-0.2, 0) is 4.79 Å². The summed E-state index contributed by atoms with van der Waals surface area (Å²) in [4.78, 5) is 18.8. The number of nitrogens with one attached hydrogen (secondary N) is 2. The van der Waals surface area contributed by atoms with E-state index in [1.165, 1.54) is 12.8 Å². The number of pyridine rings is 1. The predicted octanol–water partition coefficient (Wildman–Crippen LogP) is 2.08. The minimum Gasteiger partial charge on any atom is -0.360 e. The second-order valence-electron chi connectivity index (χ2n) is 6.17. The quantitative estimate of drug-likeness (QED) is 0.836. The molecule has 1 amide bonds. The van der Waals surface area contributed by atoms with Crippen LogP contribution in [0.2, 0.25) is 0 Å². The fourth-order valence-electron chi connectivity index (χ4n) is 2.70. The number of hydrogen-bond donors (Lipinski definition) is 2. The van der Waals surface area contributed by atoms with Crippen molar-refractivity contribution in [2.24, 2.45) is 5.92 Å². The summed E-state index contributed by atoms with van der Waals surface area (Å²) in [6, 6.07) is 4.37. The molecule has 5 nitrogen and oxygen atoms in total. The van der Waals surface area contributed by atoms with Crippen molar-refractivity contribution in [1.29, 1.82) is 0 Å². The number of carbonyl (C=O) groups is 1. The Morgan fingerprint density at radius 3 is 2.95 bits per heavy atom. The first-order valence-corrected chi connectivity index (χ1v) is 8.32. The molecule has 1 saturated carbocycles. The van der Waals surface area contributed by atoms with Gasteiger partial charge < -0.3 is 15.5 Å². The monoisotopic (exact) mass is 318 g/mol. The summed E-state index contributed by atoms with van der Waals surface area (Å²) in [5.41, 5.74) is 0.981. The zero-order valence-corrected chi connectivity index (χ0v) is 13.7. The molecule has 22 heavy (non-hydrogen) atoms. The summed E-state index contributed by atoms with van der Waals surface area (Å²) in [7, 11) is 0. The molecule has 2 N–H and O–H groups in total. The summed E-state index contributed by atoms with van der Waals surface area (Å²) in [5, 5.41) is 7.11. The minimum atomic E-state index is -0.0332. The molecule has 1 aromatic rings. The second-order valence-corrected chi connectivity index (χ2v) is 6.55. The lowest BCUT2D eigenvalue weighted by molar-refractivity contribution is -0.121. The Kier molecular flexibility index (Phi) is 4.57. The molecule has 118 valence electrons. The summed E-state index contributed by atoms with van der Waals surface area (Å²) >= 11 is 5.45. The van der Waals surface area contributed by atoms with E-state index in [0.29, 0.717) is 18.4 Å². The predicted molar refractivity (Wildman–Crippen MR) is 90.7 cm³/mol. The van der Waals surface area contributed by atoms with Crippen molar-refractivity contribution in [1.82, 2.24) is 15.2 Å². The van der Waals surface area contributed by atoms with E-state index >= 15 is 0 Å². The Balaban J connectivity index is 1.57. The number of aryl methyl sites for hydroxylation is 1. The molecule has 2 aliphatic rings. The number of hydrogen-bond acceptors (Lipinski definition) is 3. The number of amides is 1. The largest absolute Gasteiger partial charge is 0.360 e. The molecule has 0 radical (unpaired) electrons. The van der Waals surface area contributed by atoms with Gasteiger partial charge in [0.25, 0.3) is 0 Å². The van der Waals surface area contributed by atoms with Crippen LogP contribution in [-0.4, -0.2) is 40.0 Å². The second kappa shape index (κ2) is 6.60. The molecule has 2 fully saturated rings. The van der Waals surface area contributed by atoms with Crippen molar-refractivity contribution in [2.45, 2.75) is 38.6 Å². The molecule has 3 rings (SSSR count). The number of anilines is 1. The van der Waals surface area contributed by atoms with Crippen LogP contribution in [0.1, 0.15) is 31.2 Å². The average molecular weight is 318 g/mol. The van der Waals surface area contributed by atoms with Crippen LogP contribution >= 0.6 is 12.2 Å². The molecule has 1 aliphatic carbocycles. The number of thiocarbonyl (C=S) groups is 1. The van der Waals surface area contributed by atoms with E-state index in [1.807, 2.05) is 19.1 Å². The zero-order chi connectivity index (χ0) is 15.5. The topological polar surface area (TPSA) is 57.3 Å². The van der Waals surface area contributed by atoms with Gasteiger partial charge in [-0.2, -0.15) is 0 Å². The van der Waals surface area contributed by atoms with E-state index in [9.17, 15) is 4.79 Å². The molecule has 1 saturated heterocycles. The zero-order valence-electron chi connectivity index (χ0n) is 12.8. The molecule has 1 aliphatic heterocycles. The fraction of sp³-hybridized carbons (Fsp3) is 0.562. The van der Waals surface area contributed by atoms with Gasteiger partial charge in [-0.3, -0.25) is 4.79 Å². The van der Waals surface area contributed by atoms with Crippen LogP contribution in [0.25, 0.3) is 0 Å². The number of piperidine rings is 1. The summed E-state index contributed by atoms with van der Waals surface area (Å²) in [6.45, 7) is 3.58. The van der Waals surface area contributed by atoms with Crippen molar-refractivity contribution in [2.75, 3.05) is 18.4 Å². The standard InChI is InChI=1S/C16H22N4OS/c1-11-4-2-8-17-14(11)19-15(21)12-5-3-9-20(10-12)16(22)18-13-6-7-13/h2,4,8,12-13H,3,5-7,9-10H2,1H3,(H,18,22)(H,17,19,21). The molecule has 0 bridgehead atoms. The molecular formula is C16H22N4OS. The smallest absolute Gasteiger partial charge is 0.230 e.